The molecule has 2 aliphatic rings. The Morgan fingerprint density at radius 2 is 1.50 bits per heavy atom. The summed E-state index contributed by atoms with van der Waals surface area (Å²) in [4.78, 5) is 28.0. The third kappa shape index (κ3) is 5.28. The molecule has 0 spiro atoms. The van der Waals surface area contributed by atoms with Crippen molar-refractivity contribution in [2.75, 3.05) is 44.6 Å². The van der Waals surface area contributed by atoms with Crippen molar-refractivity contribution in [1.82, 2.24) is 15.1 Å². The Kier molecular flexibility index (Phi) is 5.42. The first-order chi connectivity index (χ1) is 11.6. The van der Waals surface area contributed by atoms with E-state index in [9.17, 15) is 14.0 Å². The fourth-order valence-electron chi connectivity index (χ4n) is 2.75. The summed E-state index contributed by atoms with van der Waals surface area (Å²) >= 11 is 0. The molecule has 0 aromatic heterocycles. The van der Waals surface area contributed by atoms with E-state index in [1.54, 1.807) is 12.1 Å². The van der Waals surface area contributed by atoms with Crippen molar-refractivity contribution in [1.29, 1.82) is 0 Å². The van der Waals surface area contributed by atoms with Crippen LogP contribution in [-0.2, 0) is 9.59 Å². The zero-order chi connectivity index (χ0) is 16.9. The monoisotopic (exact) mass is 334 g/mol. The van der Waals surface area contributed by atoms with Crippen LogP contribution in [0, 0.1) is 5.82 Å². The number of hydrogen-bond donors (Lipinski definition) is 2. The van der Waals surface area contributed by atoms with Gasteiger partial charge in [-0.05, 0) is 37.1 Å². The van der Waals surface area contributed by atoms with Crippen molar-refractivity contribution < 1.29 is 14.0 Å². The zero-order valence-corrected chi connectivity index (χ0v) is 13.6. The number of amides is 2. The molecule has 0 unspecified atom stereocenters. The lowest BCUT2D eigenvalue weighted by Gasteiger charge is -2.33. The zero-order valence-electron chi connectivity index (χ0n) is 13.6. The lowest BCUT2D eigenvalue weighted by molar-refractivity contribution is -0.123. The van der Waals surface area contributed by atoms with Crippen molar-refractivity contribution in [3.05, 3.63) is 30.1 Å². The standard InChI is InChI=1S/C17H23FN4O2/c18-13-1-3-14(4-2-13)19-16(23)11-21-7-9-22(10-8-21)12-17(24)20-15-5-6-15/h1-4,15H,5-12H2,(H,19,23)(H,20,24). The number of hydrogen-bond acceptors (Lipinski definition) is 4. The number of rotatable bonds is 6. The number of halogens is 1. The Labute approximate surface area is 141 Å². The quantitative estimate of drug-likeness (QED) is 0.802. The Hall–Kier alpha value is -1.99. The lowest BCUT2D eigenvalue weighted by atomic mass is 10.3. The number of piperazine rings is 1. The molecule has 130 valence electrons. The molecule has 1 saturated carbocycles. The maximum absolute atomic E-state index is 12.8. The number of carbonyl (C=O) groups excluding carboxylic acids is 2. The predicted molar refractivity (Wildman–Crippen MR) is 89.1 cm³/mol. The fourth-order valence-corrected chi connectivity index (χ4v) is 2.75. The molecule has 0 radical (unpaired) electrons. The Morgan fingerprint density at radius 1 is 0.958 bits per heavy atom. The lowest BCUT2D eigenvalue weighted by Crippen LogP contribution is -2.51. The Morgan fingerprint density at radius 3 is 2.04 bits per heavy atom. The minimum absolute atomic E-state index is 0.0972. The first-order valence-electron chi connectivity index (χ1n) is 8.38. The second-order valence-corrected chi connectivity index (χ2v) is 6.45. The average molecular weight is 334 g/mol. The third-order valence-corrected chi connectivity index (χ3v) is 4.27. The van der Waals surface area contributed by atoms with Crippen LogP contribution >= 0.6 is 0 Å². The van der Waals surface area contributed by atoms with Crippen LogP contribution in [0.4, 0.5) is 10.1 Å². The maximum Gasteiger partial charge on any atom is 0.238 e. The van der Waals surface area contributed by atoms with Gasteiger partial charge >= 0.3 is 0 Å². The van der Waals surface area contributed by atoms with Crippen molar-refractivity contribution >= 4 is 17.5 Å². The summed E-state index contributed by atoms with van der Waals surface area (Å²) in [6.07, 6.45) is 2.20. The van der Waals surface area contributed by atoms with Crippen molar-refractivity contribution in [2.24, 2.45) is 0 Å². The molecule has 24 heavy (non-hydrogen) atoms. The normalized spacial score (nSPS) is 19.0. The molecule has 1 aromatic carbocycles. The van der Waals surface area contributed by atoms with Crippen molar-refractivity contribution in [3.63, 3.8) is 0 Å². The molecule has 6 nitrogen and oxygen atoms in total. The highest BCUT2D eigenvalue weighted by Gasteiger charge is 2.25. The molecule has 2 amide bonds. The van der Waals surface area contributed by atoms with Crippen LogP contribution < -0.4 is 10.6 Å². The van der Waals surface area contributed by atoms with E-state index in [2.05, 4.69) is 20.4 Å². The third-order valence-electron chi connectivity index (χ3n) is 4.27. The largest absolute Gasteiger partial charge is 0.352 e. The highest BCUT2D eigenvalue weighted by atomic mass is 19.1. The van der Waals surface area contributed by atoms with Gasteiger partial charge in [0.2, 0.25) is 11.8 Å². The van der Waals surface area contributed by atoms with E-state index in [1.807, 2.05) is 0 Å². The molecule has 1 aliphatic heterocycles. The minimum Gasteiger partial charge on any atom is -0.352 e. The first kappa shape index (κ1) is 16.9. The summed E-state index contributed by atoms with van der Waals surface area (Å²) in [5.41, 5.74) is 0.594. The van der Waals surface area contributed by atoms with E-state index >= 15 is 0 Å². The van der Waals surface area contributed by atoms with Crippen LogP contribution in [0.5, 0.6) is 0 Å². The molecule has 1 aliphatic carbocycles. The van der Waals surface area contributed by atoms with Gasteiger partial charge in [0.25, 0.3) is 0 Å². The number of nitrogens with one attached hydrogen (secondary N) is 2. The smallest absolute Gasteiger partial charge is 0.238 e. The van der Waals surface area contributed by atoms with Gasteiger partial charge < -0.3 is 10.6 Å². The van der Waals surface area contributed by atoms with Crippen LogP contribution in [0.2, 0.25) is 0 Å². The molecule has 1 aromatic rings. The van der Waals surface area contributed by atoms with E-state index in [0.717, 1.165) is 39.0 Å². The van der Waals surface area contributed by atoms with Crippen LogP contribution in [0.25, 0.3) is 0 Å². The van der Waals surface area contributed by atoms with Crippen molar-refractivity contribution in [2.45, 2.75) is 18.9 Å². The van der Waals surface area contributed by atoms with Gasteiger partial charge in [0.1, 0.15) is 5.82 Å². The molecular weight excluding hydrogens is 311 g/mol. The summed E-state index contributed by atoms with van der Waals surface area (Å²) in [7, 11) is 0. The Bertz CT molecular complexity index is 581. The van der Waals surface area contributed by atoms with Gasteiger partial charge in [0.05, 0.1) is 13.1 Å². The number of anilines is 1. The SMILES string of the molecule is O=C(CN1CCN(CC(=O)NC2CC2)CC1)Nc1ccc(F)cc1. The van der Waals surface area contributed by atoms with Crippen LogP contribution in [0.1, 0.15) is 12.8 Å². The van der Waals surface area contributed by atoms with Gasteiger partial charge in [-0.3, -0.25) is 19.4 Å². The summed E-state index contributed by atoms with van der Waals surface area (Å²) < 4.78 is 12.8. The second kappa shape index (κ2) is 7.72. The van der Waals surface area contributed by atoms with Gasteiger partial charge in [-0.2, -0.15) is 0 Å². The van der Waals surface area contributed by atoms with E-state index < -0.39 is 0 Å². The minimum atomic E-state index is -0.324. The van der Waals surface area contributed by atoms with Gasteiger partial charge in [-0.25, -0.2) is 4.39 Å². The summed E-state index contributed by atoms with van der Waals surface area (Å²) in [6, 6.07) is 6.13. The highest BCUT2D eigenvalue weighted by Crippen LogP contribution is 2.18. The molecule has 2 fully saturated rings. The van der Waals surface area contributed by atoms with Crippen molar-refractivity contribution in [3.8, 4) is 0 Å². The predicted octanol–water partition coefficient (Wildman–Crippen LogP) is 0.660. The van der Waals surface area contributed by atoms with Crippen LogP contribution in [-0.4, -0.2) is 66.9 Å². The van der Waals surface area contributed by atoms with Gasteiger partial charge in [-0.1, -0.05) is 0 Å². The molecule has 0 bridgehead atoms. The molecule has 3 rings (SSSR count). The summed E-state index contributed by atoms with van der Waals surface area (Å²) in [5.74, 6) is -0.337. The number of benzene rings is 1. The van der Waals surface area contributed by atoms with Gasteiger partial charge in [-0.15, -0.1) is 0 Å². The summed E-state index contributed by atoms with van der Waals surface area (Å²) in [5, 5.41) is 5.75. The fraction of sp³-hybridized carbons (Fsp3) is 0.529. The summed E-state index contributed by atoms with van der Waals surface area (Å²) in [6.45, 7) is 3.82. The molecule has 1 saturated heterocycles. The highest BCUT2D eigenvalue weighted by molar-refractivity contribution is 5.92. The molecule has 2 N–H and O–H groups in total. The van der Waals surface area contributed by atoms with E-state index in [-0.39, 0.29) is 17.6 Å². The van der Waals surface area contributed by atoms with Crippen LogP contribution in [0.3, 0.4) is 0 Å². The van der Waals surface area contributed by atoms with Gasteiger partial charge in [0.15, 0.2) is 0 Å². The maximum atomic E-state index is 12.8. The average Bonchev–Trinajstić information content (AvgIpc) is 3.35. The second-order valence-electron chi connectivity index (χ2n) is 6.45. The van der Waals surface area contributed by atoms with E-state index in [1.165, 1.54) is 12.1 Å². The Balaban J connectivity index is 1.36. The van der Waals surface area contributed by atoms with Crippen LogP contribution in [0.15, 0.2) is 24.3 Å². The topological polar surface area (TPSA) is 64.7 Å². The molecular formula is C17H23FN4O2. The van der Waals surface area contributed by atoms with E-state index in [0.29, 0.717) is 24.8 Å². The number of nitrogens with zero attached hydrogens (tertiary/aromatic N) is 2. The number of carbonyl (C=O) groups is 2. The molecule has 7 heteroatoms. The first-order valence-corrected chi connectivity index (χ1v) is 8.38. The van der Waals surface area contributed by atoms with Gasteiger partial charge in [0, 0.05) is 37.9 Å². The van der Waals surface area contributed by atoms with E-state index in [4.69, 9.17) is 0 Å². The molecule has 0 atom stereocenters. The molecule has 1 heterocycles.